The summed E-state index contributed by atoms with van der Waals surface area (Å²) >= 11 is 0. The van der Waals surface area contributed by atoms with Crippen molar-refractivity contribution in [1.29, 1.82) is 0 Å². The van der Waals surface area contributed by atoms with Crippen molar-refractivity contribution in [2.45, 2.75) is 45.4 Å². The average molecular weight is 262 g/mol. The Morgan fingerprint density at radius 3 is 2.68 bits per heavy atom. The molecule has 2 heterocycles. The standard InChI is InChI=1S/C13H18N4O2/c1-13(2)6-4-3-5-7(13)9-14-8-10(15-9)16-12(19)17-11(8)18/h7H,3-6H2,1-2H3,(H3,14,15,16,17,18,19). The second-order valence-corrected chi connectivity index (χ2v) is 6.04. The first-order chi connectivity index (χ1) is 8.97. The predicted octanol–water partition coefficient (Wildman–Crippen LogP) is 1.62. The van der Waals surface area contributed by atoms with Gasteiger partial charge in [-0.05, 0) is 18.3 Å². The lowest BCUT2D eigenvalue weighted by molar-refractivity contribution is 0.193. The van der Waals surface area contributed by atoms with Gasteiger partial charge in [-0.1, -0.05) is 26.7 Å². The van der Waals surface area contributed by atoms with Crippen LogP contribution in [0.2, 0.25) is 0 Å². The Labute approximate surface area is 109 Å². The molecule has 3 N–H and O–H groups in total. The van der Waals surface area contributed by atoms with E-state index in [2.05, 4.69) is 33.8 Å². The molecule has 0 aromatic carbocycles. The fraction of sp³-hybridized carbons (Fsp3) is 0.615. The zero-order valence-electron chi connectivity index (χ0n) is 11.2. The van der Waals surface area contributed by atoms with Crippen LogP contribution in [-0.4, -0.2) is 19.9 Å². The fourth-order valence-electron chi connectivity index (χ4n) is 3.12. The van der Waals surface area contributed by atoms with E-state index in [1.807, 2.05) is 0 Å². The molecule has 1 fully saturated rings. The van der Waals surface area contributed by atoms with Crippen LogP contribution in [0.25, 0.3) is 11.2 Å². The number of fused-ring (bicyclic) bond motifs is 1. The highest BCUT2D eigenvalue weighted by molar-refractivity contribution is 5.68. The van der Waals surface area contributed by atoms with Gasteiger partial charge in [0.15, 0.2) is 5.65 Å². The molecule has 1 atom stereocenters. The number of hydrogen-bond acceptors (Lipinski definition) is 3. The number of H-pyrrole nitrogens is 3. The van der Waals surface area contributed by atoms with E-state index in [-0.39, 0.29) is 5.41 Å². The van der Waals surface area contributed by atoms with Crippen LogP contribution in [0.1, 0.15) is 51.3 Å². The van der Waals surface area contributed by atoms with Gasteiger partial charge in [0.1, 0.15) is 11.3 Å². The molecule has 0 saturated heterocycles. The maximum Gasteiger partial charge on any atom is 0.327 e. The normalized spacial score (nSPS) is 22.7. The molecule has 102 valence electrons. The molecule has 19 heavy (non-hydrogen) atoms. The number of nitrogens with one attached hydrogen (secondary N) is 3. The van der Waals surface area contributed by atoms with Gasteiger partial charge < -0.3 is 4.98 Å². The number of aromatic amines is 3. The largest absolute Gasteiger partial charge is 0.336 e. The number of nitrogens with zero attached hydrogens (tertiary/aromatic N) is 1. The van der Waals surface area contributed by atoms with Crippen LogP contribution < -0.4 is 11.2 Å². The molecule has 0 spiro atoms. The number of aromatic nitrogens is 4. The van der Waals surface area contributed by atoms with Gasteiger partial charge >= 0.3 is 5.69 Å². The van der Waals surface area contributed by atoms with Gasteiger partial charge in [0.05, 0.1) is 0 Å². The molecule has 1 aliphatic rings. The molecule has 3 rings (SSSR count). The van der Waals surface area contributed by atoms with E-state index in [0.29, 0.717) is 17.1 Å². The number of hydrogen-bond donors (Lipinski definition) is 3. The molecule has 6 heteroatoms. The summed E-state index contributed by atoms with van der Waals surface area (Å²) in [6.07, 6.45) is 4.63. The van der Waals surface area contributed by atoms with Crippen LogP contribution in [0, 0.1) is 5.41 Å². The maximum atomic E-state index is 11.7. The lowest BCUT2D eigenvalue weighted by atomic mass is 9.68. The maximum absolute atomic E-state index is 11.7. The van der Waals surface area contributed by atoms with Gasteiger partial charge in [0.25, 0.3) is 5.56 Å². The van der Waals surface area contributed by atoms with Crippen molar-refractivity contribution in [1.82, 2.24) is 19.9 Å². The third-order valence-corrected chi connectivity index (χ3v) is 4.25. The molecular weight excluding hydrogens is 244 g/mol. The predicted molar refractivity (Wildman–Crippen MR) is 72.3 cm³/mol. The first-order valence-electron chi connectivity index (χ1n) is 6.69. The highest BCUT2D eigenvalue weighted by Gasteiger charge is 2.35. The van der Waals surface area contributed by atoms with E-state index in [1.165, 1.54) is 12.8 Å². The van der Waals surface area contributed by atoms with Gasteiger partial charge in [-0.25, -0.2) is 9.78 Å². The van der Waals surface area contributed by atoms with Gasteiger partial charge in [-0.3, -0.25) is 14.8 Å². The summed E-state index contributed by atoms with van der Waals surface area (Å²) in [7, 11) is 0. The first-order valence-corrected chi connectivity index (χ1v) is 6.69. The molecule has 1 saturated carbocycles. The van der Waals surface area contributed by atoms with Gasteiger partial charge in [-0.15, -0.1) is 0 Å². The van der Waals surface area contributed by atoms with Crippen molar-refractivity contribution in [2.24, 2.45) is 5.41 Å². The molecular formula is C13H18N4O2. The van der Waals surface area contributed by atoms with E-state index in [4.69, 9.17) is 0 Å². The highest BCUT2D eigenvalue weighted by Crippen LogP contribution is 2.45. The third kappa shape index (κ3) is 2.01. The van der Waals surface area contributed by atoms with Crippen LogP contribution in [0.3, 0.4) is 0 Å². The summed E-state index contributed by atoms with van der Waals surface area (Å²) in [5.41, 5.74) is -0.0511. The minimum atomic E-state index is -0.515. The Kier molecular flexibility index (Phi) is 2.62. The Morgan fingerprint density at radius 2 is 1.95 bits per heavy atom. The minimum absolute atomic E-state index is 0.166. The fourth-order valence-corrected chi connectivity index (χ4v) is 3.12. The van der Waals surface area contributed by atoms with Crippen molar-refractivity contribution in [2.75, 3.05) is 0 Å². The summed E-state index contributed by atoms with van der Waals surface area (Å²) < 4.78 is 0. The van der Waals surface area contributed by atoms with Gasteiger partial charge in [0, 0.05) is 5.92 Å². The molecule has 0 bridgehead atoms. The smallest absolute Gasteiger partial charge is 0.327 e. The monoisotopic (exact) mass is 262 g/mol. The van der Waals surface area contributed by atoms with Crippen LogP contribution in [0.4, 0.5) is 0 Å². The van der Waals surface area contributed by atoms with Crippen LogP contribution >= 0.6 is 0 Å². The van der Waals surface area contributed by atoms with Crippen molar-refractivity contribution in [3.63, 3.8) is 0 Å². The zero-order valence-corrected chi connectivity index (χ0v) is 11.2. The van der Waals surface area contributed by atoms with Crippen molar-refractivity contribution in [3.05, 3.63) is 26.7 Å². The van der Waals surface area contributed by atoms with Crippen LogP contribution in [0.5, 0.6) is 0 Å². The molecule has 0 radical (unpaired) electrons. The third-order valence-electron chi connectivity index (χ3n) is 4.25. The Bertz CT molecular complexity index is 722. The molecule has 0 aliphatic heterocycles. The second kappa shape index (κ2) is 4.08. The summed E-state index contributed by atoms with van der Waals surface area (Å²) in [5, 5.41) is 0. The summed E-state index contributed by atoms with van der Waals surface area (Å²) in [6.45, 7) is 4.47. The Balaban J connectivity index is 2.13. The van der Waals surface area contributed by atoms with Crippen molar-refractivity contribution < 1.29 is 0 Å². The summed E-state index contributed by atoms with van der Waals surface area (Å²) in [6, 6.07) is 0. The summed E-state index contributed by atoms with van der Waals surface area (Å²) in [5.74, 6) is 1.11. The highest BCUT2D eigenvalue weighted by atomic mass is 16.2. The zero-order chi connectivity index (χ0) is 13.6. The molecule has 2 aromatic heterocycles. The van der Waals surface area contributed by atoms with Gasteiger partial charge in [0.2, 0.25) is 0 Å². The van der Waals surface area contributed by atoms with Crippen LogP contribution in [-0.2, 0) is 0 Å². The van der Waals surface area contributed by atoms with Crippen LogP contribution in [0.15, 0.2) is 9.59 Å². The molecule has 6 nitrogen and oxygen atoms in total. The van der Waals surface area contributed by atoms with E-state index in [1.54, 1.807) is 0 Å². The first kappa shape index (κ1) is 12.2. The van der Waals surface area contributed by atoms with E-state index < -0.39 is 11.2 Å². The molecule has 1 unspecified atom stereocenters. The number of imidazole rings is 1. The number of rotatable bonds is 1. The van der Waals surface area contributed by atoms with E-state index in [0.717, 1.165) is 18.7 Å². The SMILES string of the molecule is CC1(C)CCCCC1c1nc2[nH]c(=O)[nH]c(=O)c2[nH]1. The lowest BCUT2D eigenvalue weighted by Gasteiger charge is -2.37. The lowest BCUT2D eigenvalue weighted by Crippen LogP contribution is -2.26. The topological polar surface area (TPSA) is 94.4 Å². The molecule has 0 amide bonds. The quantitative estimate of drug-likeness (QED) is 0.729. The van der Waals surface area contributed by atoms with E-state index in [9.17, 15) is 9.59 Å². The molecule has 1 aliphatic carbocycles. The van der Waals surface area contributed by atoms with Gasteiger partial charge in [-0.2, -0.15) is 0 Å². The average Bonchev–Trinajstić information content (AvgIpc) is 2.72. The molecule has 2 aromatic rings. The van der Waals surface area contributed by atoms with E-state index >= 15 is 0 Å². The minimum Gasteiger partial charge on any atom is -0.336 e. The Hall–Kier alpha value is -1.85. The summed E-state index contributed by atoms with van der Waals surface area (Å²) in [4.78, 5) is 35.3. The second-order valence-electron chi connectivity index (χ2n) is 6.04. The van der Waals surface area contributed by atoms with Crippen molar-refractivity contribution >= 4 is 11.2 Å². The van der Waals surface area contributed by atoms with Crippen molar-refractivity contribution in [3.8, 4) is 0 Å². The Morgan fingerprint density at radius 1 is 1.16 bits per heavy atom.